The zero-order valence-electron chi connectivity index (χ0n) is 1.81. The predicted octanol–water partition coefficient (Wildman–Crippen LogP) is 3.38. The van der Waals surface area contributed by atoms with Crippen LogP contribution in [0.5, 0.6) is 0 Å². The van der Waals surface area contributed by atoms with Crippen molar-refractivity contribution in [2.24, 2.45) is 0 Å². The molecule has 0 bridgehead atoms. The first-order valence-corrected chi connectivity index (χ1v) is 9.77. The van der Waals surface area contributed by atoms with Gasteiger partial charge in [-0.3, -0.25) is 0 Å². The molecule has 0 spiro atoms. The molecular formula is Br4Cu-2. The molecule has 0 unspecified atom stereocenters. The van der Waals surface area contributed by atoms with Crippen LogP contribution < -0.4 is 0 Å². The van der Waals surface area contributed by atoms with Crippen molar-refractivity contribution in [1.82, 2.24) is 0 Å². The molecule has 0 atom stereocenters. The summed E-state index contributed by atoms with van der Waals surface area (Å²) in [6.45, 7) is 0. The molecule has 0 aromatic rings. The summed E-state index contributed by atoms with van der Waals surface area (Å²) in [6, 6.07) is 0. The van der Waals surface area contributed by atoms with Gasteiger partial charge in [0.2, 0.25) is 0 Å². The minimum absolute atomic E-state index is 0.875. The summed E-state index contributed by atoms with van der Waals surface area (Å²) in [7, 11) is 0. The Morgan fingerprint density at radius 1 is 0.800 bits per heavy atom. The summed E-state index contributed by atoms with van der Waals surface area (Å²) < 4.78 is 0. The van der Waals surface area contributed by atoms with E-state index in [1.165, 1.54) is 0 Å². The average Bonchev–Trinajstić information content (AvgIpc) is 0.722. The average molecular weight is 383 g/mol. The summed E-state index contributed by atoms with van der Waals surface area (Å²) in [6.07, 6.45) is 0. The van der Waals surface area contributed by atoms with Crippen LogP contribution in [0, 0.1) is 0 Å². The number of hydrogen-bond donors (Lipinski definition) is 0. The summed E-state index contributed by atoms with van der Waals surface area (Å²) in [5.74, 6) is 0. The topological polar surface area (TPSA) is 0 Å². The van der Waals surface area contributed by atoms with Crippen LogP contribution in [0.2, 0.25) is 0 Å². The molecule has 0 aliphatic heterocycles. The van der Waals surface area contributed by atoms with Crippen molar-refractivity contribution in [1.29, 1.82) is 0 Å². The number of rotatable bonds is 0. The normalized spacial score (nSPS) is 15.2. The second kappa shape index (κ2) is 2.68. The standard InChI is InChI=1S/4BrH.Cu/h4*1H;/q;;;;+2/p-4. The Kier molecular flexibility index (Phi) is 3.98. The van der Waals surface area contributed by atoms with Crippen molar-refractivity contribution in [3.05, 3.63) is 0 Å². The minimum atomic E-state index is -0.875. The van der Waals surface area contributed by atoms with Crippen LogP contribution in [0.1, 0.15) is 0 Å². The summed E-state index contributed by atoms with van der Waals surface area (Å²) in [5, 5.41) is 0. The van der Waals surface area contributed by atoms with Gasteiger partial charge < -0.3 is 0 Å². The molecule has 0 heterocycles. The van der Waals surface area contributed by atoms with E-state index in [1.54, 1.807) is 0 Å². The molecule has 5 heteroatoms. The van der Waals surface area contributed by atoms with Crippen molar-refractivity contribution in [3.8, 4) is 0 Å². The van der Waals surface area contributed by atoms with Crippen molar-refractivity contribution in [2.45, 2.75) is 0 Å². The van der Waals surface area contributed by atoms with Crippen LogP contribution in [0.3, 0.4) is 0 Å². The van der Waals surface area contributed by atoms with Crippen LogP contribution >= 0.6 is 56.4 Å². The van der Waals surface area contributed by atoms with E-state index in [9.17, 15) is 0 Å². The quantitative estimate of drug-likeness (QED) is 0.563. The Labute approximate surface area is 61.1 Å². The summed E-state index contributed by atoms with van der Waals surface area (Å²) >= 11 is 12.8. The van der Waals surface area contributed by atoms with Gasteiger partial charge in [0.15, 0.2) is 0 Å². The third-order valence-electron chi connectivity index (χ3n) is 0. The van der Waals surface area contributed by atoms with Gasteiger partial charge in [-0.25, -0.2) is 0 Å². The molecule has 0 saturated carbocycles. The Morgan fingerprint density at radius 3 is 0.800 bits per heavy atom. The Morgan fingerprint density at radius 2 is 0.800 bits per heavy atom. The molecule has 41 valence electrons. The zero-order valence-corrected chi connectivity index (χ0v) is 9.10. The van der Waals surface area contributed by atoms with E-state index in [1.807, 2.05) is 0 Å². The summed E-state index contributed by atoms with van der Waals surface area (Å²) in [5.41, 5.74) is -0.875. The summed E-state index contributed by atoms with van der Waals surface area (Å²) in [4.78, 5) is 0. The van der Waals surface area contributed by atoms with Gasteiger partial charge >= 0.3 is 62.1 Å². The van der Waals surface area contributed by atoms with E-state index in [0.29, 0.717) is 0 Å². The Hall–Kier alpha value is 2.44. The SMILES string of the molecule is [Br][Cu-2]([Br])([Br])[Br]. The number of hydrogen-bond acceptors (Lipinski definition) is 0. The fourth-order valence-electron chi connectivity index (χ4n) is 0. The van der Waals surface area contributed by atoms with Crippen molar-refractivity contribution in [2.75, 3.05) is 0 Å². The first kappa shape index (κ1) is 7.44. The van der Waals surface area contributed by atoms with Gasteiger partial charge in [-0.05, 0) is 0 Å². The van der Waals surface area contributed by atoms with Crippen LogP contribution in [-0.4, -0.2) is 0 Å². The molecule has 5 heavy (non-hydrogen) atoms. The maximum atomic E-state index is 3.20. The molecule has 0 aromatic heterocycles. The van der Waals surface area contributed by atoms with Gasteiger partial charge in [-0.1, -0.05) is 0 Å². The third-order valence-corrected chi connectivity index (χ3v) is 0. The van der Waals surface area contributed by atoms with Crippen LogP contribution in [0.4, 0.5) is 0 Å². The van der Waals surface area contributed by atoms with Gasteiger partial charge in [-0.15, -0.1) is 0 Å². The van der Waals surface area contributed by atoms with Gasteiger partial charge in [0, 0.05) is 0 Å². The van der Waals surface area contributed by atoms with Crippen LogP contribution in [0.15, 0.2) is 0 Å². The Balaban J connectivity index is 3.02. The first-order chi connectivity index (χ1) is 2.00. The van der Waals surface area contributed by atoms with Crippen LogP contribution in [-0.2, 0) is 5.61 Å². The van der Waals surface area contributed by atoms with Gasteiger partial charge in [0.1, 0.15) is 0 Å². The molecule has 0 aliphatic carbocycles. The van der Waals surface area contributed by atoms with Crippen molar-refractivity contribution in [3.63, 3.8) is 0 Å². The van der Waals surface area contributed by atoms with E-state index in [0.717, 1.165) is 0 Å². The van der Waals surface area contributed by atoms with E-state index in [-0.39, 0.29) is 0 Å². The molecule has 0 amide bonds. The molecule has 0 aromatic carbocycles. The van der Waals surface area contributed by atoms with Gasteiger partial charge in [0.25, 0.3) is 0 Å². The molecule has 0 saturated heterocycles. The maximum absolute atomic E-state index is 3.20. The molecule has 0 nitrogen and oxygen atoms in total. The molecule has 0 radical (unpaired) electrons. The number of halogens is 4. The van der Waals surface area contributed by atoms with E-state index in [2.05, 4.69) is 56.4 Å². The molecule has 0 rings (SSSR count). The van der Waals surface area contributed by atoms with Crippen molar-refractivity contribution < 1.29 is 5.61 Å². The monoisotopic (exact) mass is 379 g/mol. The zero-order chi connectivity index (χ0) is 4.50. The van der Waals surface area contributed by atoms with Crippen molar-refractivity contribution >= 4 is 56.4 Å². The molecular weight excluding hydrogens is 383 g/mol. The Bertz CT molecular complexity index is 19.1. The third kappa shape index (κ3) is 21.3. The van der Waals surface area contributed by atoms with Gasteiger partial charge in [0.05, 0.1) is 0 Å². The fraction of sp³-hybridized carbons (Fsp3) is 0. The second-order valence-corrected chi connectivity index (χ2v) is 28.8. The predicted molar refractivity (Wildman–Crippen MR) is 35.7 cm³/mol. The van der Waals surface area contributed by atoms with Crippen LogP contribution in [0.25, 0.3) is 0 Å². The first-order valence-electron chi connectivity index (χ1n) is 0.456. The molecule has 0 N–H and O–H groups in total. The van der Waals surface area contributed by atoms with E-state index >= 15 is 0 Å². The molecule has 0 fully saturated rings. The second-order valence-electron chi connectivity index (χ2n) is 0.258. The van der Waals surface area contributed by atoms with Gasteiger partial charge in [-0.2, -0.15) is 0 Å². The molecule has 0 aliphatic rings. The van der Waals surface area contributed by atoms with E-state index in [4.69, 9.17) is 0 Å². The fourth-order valence-corrected chi connectivity index (χ4v) is 0. The van der Waals surface area contributed by atoms with E-state index < -0.39 is 5.61 Å².